The number of hydrogen-bond acceptors (Lipinski definition) is 5. The molecule has 2 aliphatic heterocycles. The fraction of sp³-hybridized carbons (Fsp3) is 0.588. The van der Waals surface area contributed by atoms with Gasteiger partial charge in [0, 0.05) is 39.1 Å². The number of nitrogens with zero attached hydrogens (tertiary/aromatic N) is 2. The molecule has 2 heterocycles. The maximum atomic E-state index is 12.2. The fourth-order valence-corrected chi connectivity index (χ4v) is 3.06. The van der Waals surface area contributed by atoms with E-state index in [1.807, 2.05) is 17.0 Å². The predicted octanol–water partition coefficient (Wildman–Crippen LogP) is 1.01. The monoisotopic (exact) mass is 320 g/mol. The summed E-state index contributed by atoms with van der Waals surface area (Å²) in [6.07, 6.45) is 0.488. The number of carbonyl (C=O) groups excluding carboxylic acids is 1. The number of amides is 1. The van der Waals surface area contributed by atoms with E-state index in [-0.39, 0.29) is 17.8 Å². The van der Waals surface area contributed by atoms with E-state index >= 15 is 0 Å². The zero-order valence-corrected chi connectivity index (χ0v) is 13.3. The summed E-state index contributed by atoms with van der Waals surface area (Å²) in [6.45, 7) is 5.67. The number of benzene rings is 1. The summed E-state index contributed by atoms with van der Waals surface area (Å²) in [6, 6.07) is 7.19. The molecule has 0 radical (unpaired) electrons. The Hall–Kier alpha value is -1.63. The minimum absolute atomic E-state index is 0.0469. The summed E-state index contributed by atoms with van der Waals surface area (Å²) in [7, 11) is 0. The van der Waals surface area contributed by atoms with E-state index in [4.69, 9.17) is 9.47 Å². The predicted molar refractivity (Wildman–Crippen MR) is 85.3 cm³/mol. The van der Waals surface area contributed by atoms with E-state index in [0.717, 1.165) is 25.2 Å². The summed E-state index contributed by atoms with van der Waals surface area (Å²) >= 11 is 0. The van der Waals surface area contributed by atoms with E-state index in [2.05, 4.69) is 4.90 Å². The number of carbonyl (C=O) groups is 1. The minimum Gasteiger partial charge on any atom is -0.508 e. The number of aromatic hydroxyl groups is 1. The first-order chi connectivity index (χ1) is 11.2. The molecule has 3 rings (SSSR count). The molecule has 1 aromatic rings. The molecule has 2 saturated heterocycles. The third kappa shape index (κ3) is 4.43. The van der Waals surface area contributed by atoms with Crippen LogP contribution in [0.25, 0.3) is 0 Å². The highest BCUT2D eigenvalue weighted by Crippen LogP contribution is 2.25. The van der Waals surface area contributed by atoms with Crippen LogP contribution in [0.2, 0.25) is 0 Å². The Morgan fingerprint density at radius 1 is 1.22 bits per heavy atom. The van der Waals surface area contributed by atoms with Crippen LogP contribution >= 0.6 is 0 Å². The van der Waals surface area contributed by atoms with Gasteiger partial charge in [-0.15, -0.1) is 0 Å². The second-order valence-corrected chi connectivity index (χ2v) is 6.00. The lowest BCUT2D eigenvalue weighted by Crippen LogP contribution is -2.44. The van der Waals surface area contributed by atoms with Crippen molar-refractivity contribution in [1.29, 1.82) is 0 Å². The van der Waals surface area contributed by atoms with Crippen molar-refractivity contribution in [2.24, 2.45) is 0 Å². The Morgan fingerprint density at radius 2 is 2.04 bits per heavy atom. The number of rotatable bonds is 4. The second-order valence-electron chi connectivity index (χ2n) is 6.00. The number of hydrogen-bond donors (Lipinski definition) is 1. The topological polar surface area (TPSA) is 62.2 Å². The van der Waals surface area contributed by atoms with Crippen molar-refractivity contribution in [2.75, 3.05) is 52.5 Å². The highest BCUT2D eigenvalue weighted by atomic mass is 16.5. The van der Waals surface area contributed by atoms with Gasteiger partial charge in [0.25, 0.3) is 0 Å². The van der Waals surface area contributed by atoms with Crippen molar-refractivity contribution in [3.8, 4) is 5.75 Å². The summed E-state index contributed by atoms with van der Waals surface area (Å²) in [5.41, 5.74) is 0.981. The van der Waals surface area contributed by atoms with Gasteiger partial charge in [-0.25, -0.2) is 0 Å². The van der Waals surface area contributed by atoms with Crippen molar-refractivity contribution in [3.05, 3.63) is 29.8 Å². The van der Waals surface area contributed by atoms with Crippen LogP contribution < -0.4 is 0 Å². The SMILES string of the molecule is O=C(CCN1CCO[C@H](c2cccc(O)c2)C1)N1CCOCC1. The molecule has 0 spiro atoms. The Morgan fingerprint density at radius 3 is 2.83 bits per heavy atom. The van der Waals surface area contributed by atoms with E-state index in [1.54, 1.807) is 12.1 Å². The van der Waals surface area contributed by atoms with Crippen LogP contribution in [0, 0.1) is 0 Å². The molecule has 1 amide bonds. The molecule has 126 valence electrons. The van der Waals surface area contributed by atoms with E-state index in [9.17, 15) is 9.90 Å². The summed E-state index contributed by atoms with van der Waals surface area (Å²) < 4.78 is 11.1. The van der Waals surface area contributed by atoms with Crippen LogP contribution in [0.3, 0.4) is 0 Å². The molecule has 0 saturated carbocycles. The molecule has 0 bridgehead atoms. The van der Waals surface area contributed by atoms with Crippen molar-refractivity contribution in [3.63, 3.8) is 0 Å². The van der Waals surface area contributed by atoms with E-state index < -0.39 is 0 Å². The average molecular weight is 320 g/mol. The molecular weight excluding hydrogens is 296 g/mol. The van der Waals surface area contributed by atoms with Gasteiger partial charge in [-0.2, -0.15) is 0 Å². The Bertz CT molecular complexity index is 531. The van der Waals surface area contributed by atoms with Crippen LogP contribution in [-0.4, -0.2) is 73.4 Å². The average Bonchev–Trinajstić information content (AvgIpc) is 2.61. The lowest BCUT2D eigenvalue weighted by molar-refractivity contribution is -0.136. The van der Waals surface area contributed by atoms with Gasteiger partial charge in [-0.3, -0.25) is 9.69 Å². The van der Waals surface area contributed by atoms with Gasteiger partial charge in [0.1, 0.15) is 5.75 Å². The molecule has 0 aromatic heterocycles. The molecule has 6 nitrogen and oxygen atoms in total. The smallest absolute Gasteiger partial charge is 0.224 e. The summed E-state index contributed by atoms with van der Waals surface area (Å²) in [4.78, 5) is 16.4. The zero-order chi connectivity index (χ0) is 16.1. The third-order valence-electron chi connectivity index (χ3n) is 4.40. The number of phenolic OH excluding ortho intramolecular Hbond substituents is 1. The Kier molecular flexibility index (Phi) is 5.48. The van der Waals surface area contributed by atoms with Crippen molar-refractivity contribution < 1.29 is 19.4 Å². The molecule has 0 aliphatic carbocycles. The standard InChI is InChI=1S/C17H24N2O4/c20-15-3-1-2-14(12-15)16-13-18(6-11-23-16)5-4-17(21)19-7-9-22-10-8-19/h1-3,12,16,20H,4-11,13H2/t16-/m0/s1. The van der Waals surface area contributed by atoms with Gasteiger partial charge in [0.15, 0.2) is 0 Å². The largest absolute Gasteiger partial charge is 0.508 e. The molecule has 0 unspecified atom stereocenters. The normalized spacial score (nSPS) is 23.0. The summed E-state index contributed by atoms with van der Waals surface area (Å²) in [5.74, 6) is 0.458. The Labute approximate surface area is 136 Å². The third-order valence-corrected chi connectivity index (χ3v) is 4.40. The van der Waals surface area contributed by atoms with Crippen molar-refractivity contribution >= 4 is 5.91 Å². The van der Waals surface area contributed by atoms with Crippen LogP contribution in [0.1, 0.15) is 18.1 Å². The first-order valence-corrected chi connectivity index (χ1v) is 8.21. The van der Waals surface area contributed by atoms with Crippen molar-refractivity contribution in [1.82, 2.24) is 9.80 Å². The lowest BCUT2D eigenvalue weighted by atomic mass is 10.1. The molecule has 1 atom stereocenters. The summed E-state index contributed by atoms with van der Waals surface area (Å²) in [5, 5.41) is 9.60. The molecular formula is C17H24N2O4. The van der Waals surface area contributed by atoms with E-state index in [1.165, 1.54) is 0 Å². The van der Waals surface area contributed by atoms with Gasteiger partial charge >= 0.3 is 0 Å². The number of phenols is 1. The fourth-order valence-electron chi connectivity index (χ4n) is 3.06. The van der Waals surface area contributed by atoms with Crippen LogP contribution in [-0.2, 0) is 14.3 Å². The van der Waals surface area contributed by atoms with Crippen LogP contribution in [0.5, 0.6) is 5.75 Å². The van der Waals surface area contributed by atoms with Gasteiger partial charge < -0.3 is 19.5 Å². The quantitative estimate of drug-likeness (QED) is 0.897. The first kappa shape index (κ1) is 16.2. The molecule has 2 fully saturated rings. The minimum atomic E-state index is -0.0469. The van der Waals surface area contributed by atoms with Crippen LogP contribution in [0.15, 0.2) is 24.3 Å². The number of morpholine rings is 2. The molecule has 6 heteroatoms. The zero-order valence-electron chi connectivity index (χ0n) is 13.3. The van der Waals surface area contributed by atoms with Crippen LogP contribution in [0.4, 0.5) is 0 Å². The maximum absolute atomic E-state index is 12.2. The number of ether oxygens (including phenoxy) is 2. The van der Waals surface area contributed by atoms with Gasteiger partial charge in [0.05, 0.1) is 25.9 Å². The maximum Gasteiger partial charge on any atom is 0.224 e. The highest BCUT2D eigenvalue weighted by molar-refractivity contribution is 5.76. The second kappa shape index (κ2) is 7.77. The highest BCUT2D eigenvalue weighted by Gasteiger charge is 2.24. The lowest BCUT2D eigenvalue weighted by Gasteiger charge is -2.34. The van der Waals surface area contributed by atoms with E-state index in [0.29, 0.717) is 39.3 Å². The first-order valence-electron chi connectivity index (χ1n) is 8.21. The Balaban J connectivity index is 1.49. The molecule has 1 aromatic carbocycles. The van der Waals surface area contributed by atoms with Gasteiger partial charge in [-0.05, 0) is 17.7 Å². The molecule has 2 aliphatic rings. The van der Waals surface area contributed by atoms with Crippen molar-refractivity contribution in [2.45, 2.75) is 12.5 Å². The molecule has 1 N–H and O–H groups in total. The van der Waals surface area contributed by atoms with Gasteiger partial charge in [-0.1, -0.05) is 12.1 Å². The molecule has 23 heavy (non-hydrogen) atoms. The van der Waals surface area contributed by atoms with Gasteiger partial charge in [0.2, 0.25) is 5.91 Å².